The van der Waals surface area contributed by atoms with Gasteiger partial charge >= 0.3 is 6.18 Å². The Kier molecular flexibility index (Phi) is 3.10. The van der Waals surface area contributed by atoms with Crippen molar-refractivity contribution < 1.29 is 13.2 Å². The fraction of sp³-hybridized carbons (Fsp3) is 0.600. The van der Waals surface area contributed by atoms with Gasteiger partial charge in [-0.2, -0.15) is 13.2 Å². The number of aryl methyl sites for hydroxylation is 1. The van der Waals surface area contributed by atoms with E-state index >= 15 is 0 Å². The zero-order valence-electron chi connectivity index (χ0n) is 8.76. The van der Waals surface area contributed by atoms with E-state index in [1.165, 1.54) is 0 Å². The lowest BCUT2D eigenvalue weighted by Gasteiger charge is -2.19. The number of thioether (sulfide) groups is 1. The Labute approximate surface area is 95.7 Å². The number of alkyl halides is 3. The monoisotopic (exact) mass is 248 g/mol. The van der Waals surface area contributed by atoms with Crippen LogP contribution < -0.4 is 0 Å². The van der Waals surface area contributed by atoms with Gasteiger partial charge in [-0.3, -0.25) is 0 Å². The molecule has 0 bridgehead atoms. The first-order chi connectivity index (χ1) is 7.52. The molecule has 0 spiro atoms. The smallest absolute Gasteiger partial charge is 0.227 e. The molecule has 0 unspecified atom stereocenters. The number of aromatic nitrogens is 2. The highest BCUT2D eigenvalue weighted by molar-refractivity contribution is 7.98. The van der Waals surface area contributed by atoms with E-state index < -0.39 is 11.9 Å². The summed E-state index contributed by atoms with van der Waals surface area (Å²) in [5.74, 6) is 0. The highest BCUT2D eigenvalue weighted by Gasteiger charge is 2.37. The van der Waals surface area contributed by atoms with E-state index in [0.29, 0.717) is 24.1 Å². The third-order valence-corrected chi connectivity index (χ3v) is 3.16. The van der Waals surface area contributed by atoms with Gasteiger partial charge in [-0.1, -0.05) is 11.8 Å². The van der Waals surface area contributed by atoms with Crippen LogP contribution in [0.5, 0.6) is 0 Å². The average Bonchev–Trinajstić information content (AvgIpc) is 2.26. The maximum Gasteiger partial charge on any atom is 0.433 e. The maximum absolute atomic E-state index is 12.8. The van der Waals surface area contributed by atoms with Crippen LogP contribution in [-0.4, -0.2) is 16.2 Å². The largest absolute Gasteiger partial charge is 0.433 e. The van der Waals surface area contributed by atoms with Gasteiger partial charge in [0.2, 0.25) is 0 Å². The van der Waals surface area contributed by atoms with Crippen molar-refractivity contribution in [1.29, 1.82) is 0 Å². The Bertz CT molecular complexity index is 404. The van der Waals surface area contributed by atoms with E-state index in [1.54, 1.807) is 6.26 Å². The van der Waals surface area contributed by atoms with E-state index in [1.807, 2.05) is 0 Å². The number of hydrogen-bond donors (Lipinski definition) is 0. The van der Waals surface area contributed by atoms with Gasteiger partial charge in [0.15, 0.2) is 10.9 Å². The van der Waals surface area contributed by atoms with Gasteiger partial charge in [-0.25, -0.2) is 9.97 Å². The third kappa shape index (κ3) is 2.16. The number of halogens is 3. The van der Waals surface area contributed by atoms with Crippen LogP contribution in [0.25, 0.3) is 0 Å². The van der Waals surface area contributed by atoms with E-state index in [-0.39, 0.29) is 5.16 Å². The van der Waals surface area contributed by atoms with Crippen molar-refractivity contribution in [3.63, 3.8) is 0 Å². The molecule has 0 fully saturated rings. The summed E-state index contributed by atoms with van der Waals surface area (Å²) in [5.41, 5.74) is 0.149. The highest BCUT2D eigenvalue weighted by Crippen LogP contribution is 2.35. The number of nitrogens with zero attached hydrogens (tertiary/aromatic N) is 2. The van der Waals surface area contributed by atoms with Gasteiger partial charge in [0.1, 0.15) is 0 Å². The van der Waals surface area contributed by atoms with Gasteiger partial charge in [-0.05, 0) is 31.9 Å². The topological polar surface area (TPSA) is 25.8 Å². The van der Waals surface area contributed by atoms with Gasteiger partial charge in [0.05, 0.1) is 0 Å². The minimum atomic E-state index is -4.37. The van der Waals surface area contributed by atoms with E-state index in [2.05, 4.69) is 9.97 Å². The number of rotatable bonds is 1. The van der Waals surface area contributed by atoms with E-state index in [4.69, 9.17) is 0 Å². The molecule has 0 radical (unpaired) electrons. The fourth-order valence-electron chi connectivity index (χ4n) is 1.90. The summed E-state index contributed by atoms with van der Waals surface area (Å²) in [6.45, 7) is 0. The van der Waals surface area contributed by atoms with Gasteiger partial charge < -0.3 is 0 Å². The van der Waals surface area contributed by atoms with Crippen molar-refractivity contribution in [3.05, 3.63) is 17.0 Å². The molecule has 2 nitrogen and oxygen atoms in total. The lowest BCUT2D eigenvalue weighted by molar-refractivity contribution is -0.142. The minimum absolute atomic E-state index is 0.216. The standard InChI is InChI=1S/C10H11F3N2S/c1-16-9-14-7-5-3-2-4-6(7)8(15-9)10(11,12)13/h2-5H2,1H3. The molecule has 0 saturated carbocycles. The maximum atomic E-state index is 12.8. The molecule has 88 valence electrons. The third-order valence-electron chi connectivity index (χ3n) is 2.61. The van der Waals surface area contributed by atoms with Crippen molar-refractivity contribution >= 4 is 11.8 Å². The minimum Gasteiger partial charge on any atom is -0.227 e. The van der Waals surface area contributed by atoms with Crippen molar-refractivity contribution in [2.75, 3.05) is 6.26 Å². The molecule has 1 aliphatic rings. The summed E-state index contributed by atoms with van der Waals surface area (Å²) in [4.78, 5) is 7.76. The number of hydrogen-bond acceptors (Lipinski definition) is 3. The summed E-state index contributed by atoms with van der Waals surface area (Å²) in [6, 6.07) is 0. The summed E-state index contributed by atoms with van der Waals surface area (Å²) >= 11 is 1.15. The Morgan fingerprint density at radius 2 is 1.81 bits per heavy atom. The molecule has 0 saturated heterocycles. The average molecular weight is 248 g/mol. The first-order valence-electron chi connectivity index (χ1n) is 5.03. The van der Waals surface area contributed by atoms with E-state index in [0.717, 1.165) is 24.6 Å². The molecular formula is C10H11F3N2S. The lowest BCUT2D eigenvalue weighted by Crippen LogP contribution is -2.18. The van der Waals surface area contributed by atoms with Crippen LogP contribution in [0.1, 0.15) is 29.8 Å². The van der Waals surface area contributed by atoms with Crippen LogP contribution in [0.3, 0.4) is 0 Å². The van der Waals surface area contributed by atoms with Gasteiger partial charge in [0, 0.05) is 11.3 Å². The van der Waals surface area contributed by atoms with Gasteiger partial charge in [0.25, 0.3) is 0 Å². The van der Waals surface area contributed by atoms with Crippen LogP contribution in [0.15, 0.2) is 5.16 Å². The Morgan fingerprint density at radius 1 is 1.12 bits per heavy atom. The second-order valence-corrected chi connectivity index (χ2v) is 4.46. The zero-order chi connectivity index (χ0) is 11.8. The molecule has 2 rings (SSSR count). The van der Waals surface area contributed by atoms with Crippen LogP contribution in [0.4, 0.5) is 13.2 Å². The van der Waals surface area contributed by atoms with Crippen molar-refractivity contribution in [3.8, 4) is 0 Å². The van der Waals surface area contributed by atoms with Crippen LogP contribution in [-0.2, 0) is 19.0 Å². The Hall–Kier alpha value is -0.780. The molecule has 1 aromatic rings. The summed E-state index contributed by atoms with van der Waals surface area (Å²) < 4.78 is 38.4. The van der Waals surface area contributed by atoms with E-state index in [9.17, 15) is 13.2 Å². The predicted octanol–water partition coefficient (Wildman–Crippen LogP) is 3.10. The van der Waals surface area contributed by atoms with Crippen LogP contribution >= 0.6 is 11.8 Å². The summed E-state index contributed by atoms with van der Waals surface area (Å²) in [7, 11) is 0. The molecule has 0 aliphatic heterocycles. The summed E-state index contributed by atoms with van der Waals surface area (Å²) in [6.07, 6.45) is 0.0973. The highest BCUT2D eigenvalue weighted by atomic mass is 32.2. The molecule has 16 heavy (non-hydrogen) atoms. The van der Waals surface area contributed by atoms with Crippen molar-refractivity contribution in [2.24, 2.45) is 0 Å². The molecule has 0 aromatic carbocycles. The fourth-order valence-corrected chi connectivity index (χ4v) is 2.28. The molecule has 0 N–H and O–H groups in total. The normalized spacial score (nSPS) is 16.0. The molecule has 1 aliphatic carbocycles. The van der Waals surface area contributed by atoms with Crippen molar-refractivity contribution in [2.45, 2.75) is 37.0 Å². The predicted molar refractivity (Wildman–Crippen MR) is 55.5 cm³/mol. The first-order valence-corrected chi connectivity index (χ1v) is 6.26. The van der Waals surface area contributed by atoms with Crippen LogP contribution in [0.2, 0.25) is 0 Å². The molecule has 6 heteroatoms. The second-order valence-electron chi connectivity index (χ2n) is 3.69. The lowest BCUT2D eigenvalue weighted by atomic mass is 9.94. The van der Waals surface area contributed by atoms with Crippen LogP contribution in [0, 0.1) is 0 Å². The quantitative estimate of drug-likeness (QED) is 0.564. The number of fused-ring (bicyclic) bond motifs is 1. The second kappa shape index (κ2) is 4.24. The molecular weight excluding hydrogens is 237 g/mol. The Morgan fingerprint density at radius 3 is 2.44 bits per heavy atom. The SMILES string of the molecule is CSc1nc2c(c(C(F)(F)F)n1)CCCC2. The molecule has 0 atom stereocenters. The molecule has 0 amide bonds. The Balaban J connectivity index is 2.56. The molecule has 1 aromatic heterocycles. The molecule has 1 heterocycles. The van der Waals surface area contributed by atoms with Crippen molar-refractivity contribution in [1.82, 2.24) is 9.97 Å². The first kappa shape index (κ1) is 11.7. The van der Waals surface area contributed by atoms with Gasteiger partial charge in [-0.15, -0.1) is 0 Å². The summed E-state index contributed by atoms with van der Waals surface area (Å²) in [5, 5.41) is 0.216. The zero-order valence-corrected chi connectivity index (χ0v) is 9.58.